The molecule has 88 valence electrons. The number of ether oxygens (including phenoxy) is 1. The minimum absolute atomic E-state index is 0.284. The molecule has 3 heteroatoms. The van der Waals surface area contributed by atoms with Crippen LogP contribution in [0, 0.1) is 0 Å². The first kappa shape index (κ1) is 11.6. The summed E-state index contributed by atoms with van der Waals surface area (Å²) in [6.45, 7) is 4.17. The van der Waals surface area contributed by atoms with E-state index in [1.165, 1.54) is 0 Å². The van der Waals surface area contributed by atoms with Gasteiger partial charge in [-0.25, -0.2) is 4.79 Å². The molecule has 0 unspecified atom stereocenters. The Morgan fingerprint density at radius 3 is 2.76 bits per heavy atom. The average Bonchev–Trinajstić information content (AvgIpc) is 2.37. The van der Waals surface area contributed by atoms with Crippen LogP contribution in [0.4, 0.5) is 0 Å². The molecular weight excluding hydrogens is 214 g/mol. The van der Waals surface area contributed by atoms with Gasteiger partial charge < -0.3 is 4.74 Å². The van der Waals surface area contributed by atoms with Gasteiger partial charge in [-0.3, -0.25) is 4.98 Å². The number of hydrogen-bond donors (Lipinski definition) is 0. The van der Waals surface area contributed by atoms with E-state index in [-0.39, 0.29) is 5.97 Å². The van der Waals surface area contributed by atoms with E-state index >= 15 is 0 Å². The Hall–Kier alpha value is -1.90. The number of carbonyl (C=O) groups is 1. The van der Waals surface area contributed by atoms with Gasteiger partial charge in [0, 0.05) is 11.6 Å². The van der Waals surface area contributed by atoms with Crippen LogP contribution in [-0.4, -0.2) is 17.6 Å². The number of carbonyl (C=O) groups excluding carboxylic acids is 1. The summed E-state index contributed by atoms with van der Waals surface area (Å²) >= 11 is 0. The van der Waals surface area contributed by atoms with E-state index in [2.05, 4.69) is 4.98 Å². The first-order valence-electron chi connectivity index (χ1n) is 5.81. The summed E-state index contributed by atoms with van der Waals surface area (Å²) in [6, 6.07) is 7.74. The van der Waals surface area contributed by atoms with Gasteiger partial charge in [-0.05, 0) is 18.7 Å². The Bertz CT molecular complexity index is 549. The highest BCUT2D eigenvalue weighted by Crippen LogP contribution is 2.21. The zero-order valence-corrected chi connectivity index (χ0v) is 10.1. The Kier molecular flexibility index (Phi) is 3.38. The lowest BCUT2D eigenvalue weighted by Gasteiger charge is -2.09. The lowest BCUT2D eigenvalue weighted by molar-refractivity contribution is 0.0527. The summed E-state index contributed by atoms with van der Waals surface area (Å²) in [5.41, 5.74) is 1.40. The molecule has 0 fully saturated rings. The standard InChI is InChI=1S/C14H15NO2/c1-3-12-13(14(16)17-4-2)11-8-6-5-7-10(11)9-15-12/h5-9H,3-4H2,1-2H3. The summed E-state index contributed by atoms with van der Waals surface area (Å²) in [7, 11) is 0. The molecule has 0 aliphatic carbocycles. The van der Waals surface area contributed by atoms with Crippen molar-refractivity contribution < 1.29 is 9.53 Å². The van der Waals surface area contributed by atoms with Gasteiger partial charge in [-0.15, -0.1) is 0 Å². The SMILES string of the molecule is CCOC(=O)c1c(CC)ncc2ccccc12. The van der Waals surface area contributed by atoms with E-state index < -0.39 is 0 Å². The van der Waals surface area contributed by atoms with Crippen molar-refractivity contribution in [3.63, 3.8) is 0 Å². The summed E-state index contributed by atoms with van der Waals surface area (Å²) in [6.07, 6.45) is 2.52. The number of benzene rings is 1. The van der Waals surface area contributed by atoms with E-state index in [9.17, 15) is 4.79 Å². The molecule has 0 aliphatic rings. The molecule has 17 heavy (non-hydrogen) atoms. The van der Waals surface area contributed by atoms with Crippen LogP contribution in [0.2, 0.25) is 0 Å². The zero-order valence-electron chi connectivity index (χ0n) is 10.1. The van der Waals surface area contributed by atoms with Gasteiger partial charge in [0.05, 0.1) is 17.9 Å². The predicted octanol–water partition coefficient (Wildman–Crippen LogP) is 2.97. The topological polar surface area (TPSA) is 39.2 Å². The van der Waals surface area contributed by atoms with Gasteiger partial charge in [0.2, 0.25) is 0 Å². The van der Waals surface area contributed by atoms with E-state index in [0.29, 0.717) is 12.2 Å². The zero-order chi connectivity index (χ0) is 12.3. The first-order chi connectivity index (χ1) is 8.27. The second-order valence-corrected chi connectivity index (χ2v) is 3.74. The minimum Gasteiger partial charge on any atom is -0.462 e. The minimum atomic E-state index is -0.284. The van der Waals surface area contributed by atoms with Crippen LogP contribution in [0.1, 0.15) is 29.9 Å². The van der Waals surface area contributed by atoms with E-state index in [4.69, 9.17) is 4.74 Å². The number of fused-ring (bicyclic) bond motifs is 1. The fraction of sp³-hybridized carbons (Fsp3) is 0.286. The molecule has 3 nitrogen and oxygen atoms in total. The maximum absolute atomic E-state index is 12.0. The summed E-state index contributed by atoms with van der Waals surface area (Å²) in [5.74, 6) is -0.284. The van der Waals surface area contributed by atoms with Crippen molar-refractivity contribution >= 4 is 16.7 Å². The largest absolute Gasteiger partial charge is 0.462 e. The first-order valence-corrected chi connectivity index (χ1v) is 5.81. The Morgan fingerprint density at radius 1 is 1.29 bits per heavy atom. The number of pyridine rings is 1. The van der Waals surface area contributed by atoms with Crippen molar-refractivity contribution in [3.05, 3.63) is 41.7 Å². The third-order valence-corrected chi connectivity index (χ3v) is 2.69. The van der Waals surface area contributed by atoms with Crippen molar-refractivity contribution in [1.29, 1.82) is 0 Å². The van der Waals surface area contributed by atoms with E-state index in [1.54, 1.807) is 6.20 Å². The molecule has 0 atom stereocenters. The molecule has 0 spiro atoms. The monoisotopic (exact) mass is 229 g/mol. The van der Waals surface area contributed by atoms with Gasteiger partial charge in [0.1, 0.15) is 0 Å². The molecule has 2 rings (SSSR count). The van der Waals surface area contributed by atoms with Crippen LogP contribution >= 0.6 is 0 Å². The van der Waals surface area contributed by atoms with Crippen LogP contribution in [0.15, 0.2) is 30.5 Å². The van der Waals surface area contributed by atoms with Gasteiger partial charge >= 0.3 is 5.97 Å². The Labute approximate surface area is 100 Å². The van der Waals surface area contributed by atoms with Crippen LogP contribution < -0.4 is 0 Å². The highest BCUT2D eigenvalue weighted by Gasteiger charge is 2.16. The predicted molar refractivity (Wildman–Crippen MR) is 67.1 cm³/mol. The number of aromatic nitrogens is 1. The summed E-state index contributed by atoms with van der Waals surface area (Å²) < 4.78 is 5.10. The molecule has 2 aromatic rings. The summed E-state index contributed by atoms with van der Waals surface area (Å²) in [4.78, 5) is 16.3. The van der Waals surface area contributed by atoms with Crippen molar-refractivity contribution in [3.8, 4) is 0 Å². The van der Waals surface area contributed by atoms with E-state index in [0.717, 1.165) is 22.9 Å². The molecule has 0 radical (unpaired) electrons. The fourth-order valence-corrected chi connectivity index (χ4v) is 1.90. The highest BCUT2D eigenvalue weighted by molar-refractivity contribution is 6.05. The normalized spacial score (nSPS) is 10.5. The van der Waals surface area contributed by atoms with Crippen LogP contribution in [0.3, 0.4) is 0 Å². The summed E-state index contributed by atoms with van der Waals surface area (Å²) in [5, 5.41) is 1.88. The lowest BCUT2D eigenvalue weighted by atomic mass is 10.0. The molecule has 0 saturated carbocycles. The number of rotatable bonds is 3. The van der Waals surface area contributed by atoms with Gasteiger partial charge in [0.15, 0.2) is 0 Å². The van der Waals surface area contributed by atoms with Crippen LogP contribution in [0.25, 0.3) is 10.8 Å². The van der Waals surface area contributed by atoms with Crippen molar-refractivity contribution in [2.24, 2.45) is 0 Å². The average molecular weight is 229 g/mol. The molecule has 1 heterocycles. The van der Waals surface area contributed by atoms with Crippen LogP contribution in [0.5, 0.6) is 0 Å². The third-order valence-electron chi connectivity index (χ3n) is 2.69. The highest BCUT2D eigenvalue weighted by atomic mass is 16.5. The van der Waals surface area contributed by atoms with Crippen molar-refractivity contribution in [2.45, 2.75) is 20.3 Å². The maximum Gasteiger partial charge on any atom is 0.340 e. The number of hydrogen-bond acceptors (Lipinski definition) is 3. The molecule has 1 aromatic carbocycles. The Balaban J connectivity index is 2.67. The fourth-order valence-electron chi connectivity index (χ4n) is 1.90. The second-order valence-electron chi connectivity index (χ2n) is 3.74. The quantitative estimate of drug-likeness (QED) is 0.759. The van der Waals surface area contributed by atoms with Crippen molar-refractivity contribution in [1.82, 2.24) is 4.98 Å². The maximum atomic E-state index is 12.0. The lowest BCUT2D eigenvalue weighted by Crippen LogP contribution is -2.10. The second kappa shape index (κ2) is 4.95. The smallest absolute Gasteiger partial charge is 0.340 e. The van der Waals surface area contributed by atoms with Crippen molar-refractivity contribution in [2.75, 3.05) is 6.61 Å². The molecule has 0 amide bonds. The molecule has 0 saturated heterocycles. The molecule has 0 N–H and O–H groups in total. The van der Waals surface area contributed by atoms with Crippen LogP contribution in [-0.2, 0) is 11.2 Å². The van der Waals surface area contributed by atoms with Gasteiger partial charge in [-0.1, -0.05) is 31.2 Å². The molecule has 0 aliphatic heterocycles. The van der Waals surface area contributed by atoms with Gasteiger partial charge in [-0.2, -0.15) is 0 Å². The Morgan fingerprint density at radius 2 is 2.06 bits per heavy atom. The van der Waals surface area contributed by atoms with E-state index in [1.807, 2.05) is 38.1 Å². The molecule has 1 aromatic heterocycles. The number of nitrogens with zero attached hydrogens (tertiary/aromatic N) is 1. The molecular formula is C14H15NO2. The molecule has 0 bridgehead atoms. The van der Waals surface area contributed by atoms with Gasteiger partial charge in [0.25, 0.3) is 0 Å². The number of aryl methyl sites for hydroxylation is 1. The number of esters is 1. The third kappa shape index (κ3) is 2.13.